The van der Waals surface area contributed by atoms with Gasteiger partial charge >= 0.3 is 0 Å². The molecule has 3 aromatic rings. The molecule has 2 aromatic heterocycles. The molecule has 1 aromatic carbocycles. The monoisotopic (exact) mass is 408 g/mol. The number of aryl methyl sites for hydroxylation is 2. The molecule has 0 saturated carbocycles. The molecule has 0 atom stereocenters. The number of nitrogens with zero attached hydrogens (tertiary/aromatic N) is 2. The van der Waals surface area contributed by atoms with E-state index in [2.05, 4.69) is 0 Å². The van der Waals surface area contributed by atoms with Gasteiger partial charge in [0.2, 0.25) is 0 Å². The van der Waals surface area contributed by atoms with E-state index in [-0.39, 0.29) is 4.90 Å². The van der Waals surface area contributed by atoms with Gasteiger partial charge in [-0.05, 0) is 37.6 Å². The van der Waals surface area contributed by atoms with E-state index < -0.39 is 11.6 Å². The third-order valence-electron chi connectivity index (χ3n) is 4.75. The summed E-state index contributed by atoms with van der Waals surface area (Å²) < 4.78 is 33.2. The zero-order chi connectivity index (χ0) is 19.0. The lowest BCUT2D eigenvalue weighted by atomic mass is 10.2. The van der Waals surface area contributed by atoms with Gasteiger partial charge in [-0.25, -0.2) is 18.7 Å². The van der Waals surface area contributed by atoms with Crippen LogP contribution in [0.2, 0.25) is 0 Å². The van der Waals surface area contributed by atoms with Crippen LogP contribution in [0, 0.1) is 25.5 Å². The highest BCUT2D eigenvalue weighted by Gasteiger charge is 2.21. The molecule has 1 aliphatic heterocycles. The largest absolute Gasteiger partial charge is 0.370 e. The van der Waals surface area contributed by atoms with E-state index in [1.165, 1.54) is 22.7 Å². The molecule has 0 unspecified atom stereocenters. The smallest absolute Gasteiger partial charge is 0.186 e. The minimum atomic E-state index is -0.458. The molecule has 0 spiro atoms. The van der Waals surface area contributed by atoms with Crippen molar-refractivity contribution in [3.8, 4) is 0 Å². The number of halogens is 2. The number of thiophene rings is 1. The van der Waals surface area contributed by atoms with Crippen LogP contribution in [0.3, 0.4) is 0 Å². The van der Waals surface area contributed by atoms with E-state index in [4.69, 9.17) is 14.7 Å². The van der Waals surface area contributed by atoms with Crippen molar-refractivity contribution in [2.45, 2.75) is 30.3 Å². The molecule has 1 aliphatic rings. The predicted molar refractivity (Wildman–Crippen MR) is 103 cm³/mol. The Hall–Kier alpha value is -1.61. The maximum atomic E-state index is 14.2. The third kappa shape index (κ3) is 3.99. The molecule has 3 heterocycles. The summed E-state index contributed by atoms with van der Waals surface area (Å²) in [7, 11) is 0. The number of quaternary nitrogens is 1. The maximum absolute atomic E-state index is 14.2. The van der Waals surface area contributed by atoms with E-state index in [0.717, 1.165) is 64.9 Å². The van der Waals surface area contributed by atoms with Crippen LogP contribution in [0.15, 0.2) is 28.1 Å². The SMILES string of the molecule is Cc1sc2nc(C[NH+]3CCOCC3)nc(Sc3cc(F)ccc3F)c2c1C. The number of morpholine rings is 1. The van der Waals surface area contributed by atoms with E-state index >= 15 is 0 Å². The van der Waals surface area contributed by atoms with Gasteiger partial charge in [0.1, 0.15) is 41.1 Å². The molecule has 4 rings (SSSR count). The molecule has 8 heteroatoms. The standard InChI is InChI=1S/C19H19F2N3OS2/c1-11-12(2)26-18-17(11)19(27-15-9-13(20)3-4-14(15)21)23-16(22-18)10-24-5-7-25-8-6-24/h3-4,9H,5-8,10H2,1-2H3/p+1. The summed E-state index contributed by atoms with van der Waals surface area (Å²) in [5, 5.41) is 1.63. The maximum Gasteiger partial charge on any atom is 0.186 e. The molecule has 1 saturated heterocycles. The molecule has 27 heavy (non-hydrogen) atoms. The Morgan fingerprint density at radius 3 is 2.74 bits per heavy atom. The van der Waals surface area contributed by atoms with Crippen molar-refractivity contribution in [2.24, 2.45) is 0 Å². The van der Waals surface area contributed by atoms with Gasteiger partial charge in [-0.1, -0.05) is 11.8 Å². The van der Waals surface area contributed by atoms with Crippen LogP contribution in [-0.4, -0.2) is 36.3 Å². The highest BCUT2D eigenvalue weighted by molar-refractivity contribution is 7.99. The lowest BCUT2D eigenvalue weighted by molar-refractivity contribution is -0.922. The fourth-order valence-electron chi connectivity index (χ4n) is 3.13. The number of aromatic nitrogens is 2. The fraction of sp³-hybridized carbons (Fsp3) is 0.368. The summed E-state index contributed by atoms with van der Waals surface area (Å²) in [5.74, 6) is -0.168. The van der Waals surface area contributed by atoms with E-state index in [0.29, 0.717) is 11.6 Å². The van der Waals surface area contributed by atoms with E-state index in [1.54, 1.807) is 11.3 Å². The second-order valence-corrected chi connectivity index (χ2v) is 8.86. The molecule has 0 aliphatic carbocycles. The van der Waals surface area contributed by atoms with Crippen LogP contribution in [-0.2, 0) is 11.3 Å². The Labute approximate surface area is 164 Å². The van der Waals surface area contributed by atoms with Crippen LogP contribution in [0.5, 0.6) is 0 Å². The number of fused-ring (bicyclic) bond motifs is 1. The lowest BCUT2D eigenvalue weighted by Crippen LogP contribution is -3.12. The van der Waals surface area contributed by atoms with Gasteiger partial charge in [0, 0.05) is 10.3 Å². The molecule has 4 nitrogen and oxygen atoms in total. The third-order valence-corrected chi connectivity index (χ3v) is 6.87. The second kappa shape index (κ2) is 7.79. The van der Waals surface area contributed by atoms with Crippen LogP contribution >= 0.6 is 23.1 Å². The minimum absolute atomic E-state index is 0.239. The quantitative estimate of drug-likeness (QED) is 0.674. The summed E-state index contributed by atoms with van der Waals surface area (Å²) in [5.41, 5.74) is 1.10. The Morgan fingerprint density at radius 2 is 1.96 bits per heavy atom. The Bertz CT molecular complexity index is 987. The summed E-state index contributed by atoms with van der Waals surface area (Å²) in [6.45, 7) is 8.10. The van der Waals surface area contributed by atoms with Gasteiger partial charge in [0.25, 0.3) is 0 Å². The Kier molecular flexibility index (Phi) is 5.41. The van der Waals surface area contributed by atoms with Crippen LogP contribution in [0.25, 0.3) is 10.2 Å². The topological polar surface area (TPSA) is 39.5 Å². The summed E-state index contributed by atoms with van der Waals surface area (Å²) in [6.07, 6.45) is 0. The first-order valence-corrected chi connectivity index (χ1v) is 10.5. The number of benzene rings is 1. The van der Waals surface area contributed by atoms with Crippen molar-refractivity contribution in [2.75, 3.05) is 26.3 Å². The zero-order valence-electron chi connectivity index (χ0n) is 15.1. The van der Waals surface area contributed by atoms with Crippen molar-refractivity contribution in [3.63, 3.8) is 0 Å². The molecular weight excluding hydrogens is 388 g/mol. The summed E-state index contributed by atoms with van der Waals surface area (Å²) in [6, 6.07) is 3.50. The number of rotatable bonds is 4. The molecule has 0 amide bonds. The number of hydrogen-bond acceptors (Lipinski definition) is 5. The van der Waals surface area contributed by atoms with Crippen molar-refractivity contribution < 1.29 is 18.4 Å². The molecule has 142 valence electrons. The lowest BCUT2D eigenvalue weighted by Gasteiger charge is -2.23. The Balaban J connectivity index is 1.75. The molecule has 1 N–H and O–H groups in total. The summed E-state index contributed by atoms with van der Waals surface area (Å²) in [4.78, 5) is 13.2. The van der Waals surface area contributed by atoms with Crippen molar-refractivity contribution in [1.29, 1.82) is 0 Å². The molecule has 0 radical (unpaired) electrons. The fourth-order valence-corrected chi connectivity index (χ4v) is 5.29. The molecule has 0 bridgehead atoms. The molecule has 1 fully saturated rings. The predicted octanol–water partition coefficient (Wildman–Crippen LogP) is 3.15. The average Bonchev–Trinajstić information content (AvgIpc) is 2.93. The van der Waals surface area contributed by atoms with Crippen molar-refractivity contribution >= 4 is 33.3 Å². The van der Waals surface area contributed by atoms with E-state index in [1.807, 2.05) is 13.8 Å². The number of nitrogens with one attached hydrogen (secondary N) is 1. The van der Waals surface area contributed by atoms with Gasteiger partial charge < -0.3 is 9.64 Å². The Morgan fingerprint density at radius 1 is 1.19 bits per heavy atom. The first-order chi connectivity index (χ1) is 13.0. The van der Waals surface area contributed by atoms with E-state index in [9.17, 15) is 8.78 Å². The van der Waals surface area contributed by atoms with Gasteiger partial charge in [-0.2, -0.15) is 0 Å². The highest BCUT2D eigenvalue weighted by atomic mass is 32.2. The minimum Gasteiger partial charge on any atom is -0.370 e. The summed E-state index contributed by atoms with van der Waals surface area (Å²) >= 11 is 2.79. The van der Waals surface area contributed by atoms with Crippen LogP contribution < -0.4 is 4.90 Å². The average molecular weight is 409 g/mol. The van der Waals surface area contributed by atoms with Crippen molar-refractivity contribution in [3.05, 3.63) is 46.1 Å². The zero-order valence-corrected chi connectivity index (χ0v) is 16.8. The van der Waals surface area contributed by atoms with Gasteiger partial charge in [0.05, 0.1) is 18.1 Å². The van der Waals surface area contributed by atoms with Crippen LogP contribution in [0.4, 0.5) is 8.78 Å². The number of ether oxygens (including phenoxy) is 1. The highest BCUT2D eigenvalue weighted by Crippen LogP contribution is 2.38. The van der Waals surface area contributed by atoms with Crippen molar-refractivity contribution in [1.82, 2.24) is 9.97 Å². The van der Waals surface area contributed by atoms with Gasteiger partial charge in [0.15, 0.2) is 5.82 Å². The van der Waals surface area contributed by atoms with Crippen LogP contribution in [0.1, 0.15) is 16.3 Å². The molecular formula is C19H20F2N3OS2+. The first kappa shape index (κ1) is 18.7. The first-order valence-electron chi connectivity index (χ1n) is 8.82. The van der Waals surface area contributed by atoms with Gasteiger partial charge in [-0.15, -0.1) is 11.3 Å². The van der Waals surface area contributed by atoms with Gasteiger partial charge in [-0.3, -0.25) is 0 Å². The second-order valence-electron chi connectivity index (χ2n) is 6.62. The normalized spacial score (nSPS) is 15.6. The number of hydrogen-bond donors (Lipinski definition) is 1.